The van der Waals surface area contributed by atoms with Crippen molar-refractivity contribution in [3.05, 3.63) is 38.9 Å². The Balaban J connectivity index is 2.41. The van der Waals surface area contributed by atoms with Crippen LogP contribution in [0.2, 0.25) is 0 Å². The number of rotatable bonds is 3. The normalized spacial score (nSPS) is 10.8. The van der Waals surface area contributed by atoms with Gasteiger partial charge in [0, 0.05) is 17.3 Å². The average molecular weight is 324 g/mol. The van der Waals surface area contributed by atoms with Crippen LogP contribution >= 0.6 is 15.9 Å². The van der Waals surface area contributed by atoms with E-state index in [9.17, 15) is 0 Å². The van der Waals surface area contributed by atoms with E-state index >= 15 is 0 Å². The summed E-state index contributed by atoms with van der Waals surface area (Å²) in [7, 11) is 1.69. The molecule has 0 aliphatic heterocycles. The molecule has 102 valence electrons. The Labute approximate surface area is 121 Å². The Morgan fingerprint density at radius 3 is 2.47 bits per heavy atom. The lowest BCUT2D eigenvalue weighted by Gasteiger charge is -2.13. The fourth-order valence-electron chi connectivity index (χ4n) is 2.20. The molecule has 0 spiro atoms. The van der Waals surface area contributed by atoms with Gasteiger partial charge in [-0.1, -0.05) is 0 Å². The number of methoxy groups -OCH3 is 1. The van der Waals surface area contributed by atoms with Gasteiger partial charge in [-0.2, -0.15) is 5.10 Å². The number of aryl methyl sites for hydroxylation is 2. The first-order chi connectivity index (χ1) is 8.95. The van der Waals surface area contributed by atoms with Crippen molar-refractivity contribution in [2.24, 2.45) is 0 Å². The molecule has 0 fully saturated rings. The van der Waals surface area contributed by atoms with Crippen molar-refractivity contribution in [3.8, 4) is 5.75 Å². The molecule has 0 atom stereocenters. The highest BCUT2D eigenvalue weighted by molar-refractivity contribution is 9.10. The first kappa shape index (κ1) is 14.1. The first-order valence-corrected chi connectivity index (χ1v) is 6.93. The molecule has 2 rings (SSSR count). The van der Waals surface area contributed by atoms with Crippen molar-refractivity contribution in [1.29, 1.82) is 0 Å². The minimum Gasteiger partial charge on any atom is -0.496 e. The average Bonchev–Trinajstić information content (AvgIpc) is 2.61. The summed E-state index contributed by atoms with van der Waals surface area (Å²) in [6.45, 7) is 8.73. The van der Waals surface area contributed by atoms with Crippen LogP contribution < -0.4 is 4.74 Å². The number of hydrogen-bond acceptors (Lipinski definition) is 3. The molecule has 4 nitrogen and oxygen atoms in total. The fourth-order valence-corrected chi connectivity index (χ4v) is 2.49. The minimum absolute atomic E-state index is 0.654. The quantitative estimate of drug-likeness (QED) is 0.869. The maximum absolute atomic E-state index is 5.43. The lowest BCUT2D eigenvalue weighted by atomic mass is 10.1. The summed E-state index contributed by atoms with van der Waals surface area (Å²) in [6, 6.07) is 0. The lowest BCUT2D eigenvalue weighted by molar-refractivity contribution is 0.406. The van der Waals surface area contributed by atoms with Gasteiger partial charge in [0.15, 0.2) is 0 Å². The zero-order chi connectivity index (χ0) is 14.2. The van der Waals surface area contributed by atoms with Crippen LogP contribution in [-0.4, -0.2) is 21.9 Å². The van der Waals surface area contributed by atoms with Gasteiger partial charge >= 0.3 is 0 Å². The predicted octanol–water partition coefficient (Wildman–Crippen LogP) is 3.33. The number of halogens is 1. The highest BCUT2D eigenvalue weighted by Crippen LogP contribution is 2.26. The van der Waals surface area contributed by atoms with Crippen LogP contribution in [0.1, 0.15) is 28.2 Å². The molecular formula is C14H18BrN3O. The molecule has 19 heavy (non-hydrogen) atoms. The van der Waals surface area contributed by atoms with Crippen molar-refractivity contribution < 1.29 is 4.74 Å². The van der Waals surface area contributed by atoms with E-state index in [1.165, 1.54) is 0 Å². The van der Waals surface area contributed by atoms with Crippen LogP contribution in [0.3, 0.4) is 0 Å². The van der Waals surface area contributed by atoms with Crippen LogP contribution in [0.4, 0.5) is 0 Å². The summed E-state index contributed by atoms with van der Waals surface area (Å²) < 4.78 is 8.46. The maximum Gasteiger partial charge on any atom is 0.128 e. The van der Waals surface area contributed by atoms with E-state index in [4.69, 9.17) is 4.74 Å². The molecule has 0 aliphatic carbocycles. The summed E-state index contributed by atoms with van der Waals surface area (Å²) in [6.07, 6.45) is 1.85. The van der Waals surface area contributed by atoms with Gasteiger partial charge in [0.1, 0.15) is 5.75 Å². The molecule has 0 aromatic carbocycles. The molecule has 2 aromatic heterocycles. The summed E-state index contributed by atoms with van der Waals surface area (Å²) in [4.78, 5) is 4.51. The van der Waals surface area contributed by atoms with Gasteiger partial charge in [0.05, 0.1) is 35.2 Å². The molecule has 0 aliphatic rings. The van der Waals surface area contributed by atoms with E-state index in [0.717, 1.165) is 38.4 Å². The summed E-state index contributed by atoms with van der Waals surface area (Å²) in [5.74, 6) is 0.908. The molecule has 2 aromatic rings. The SMILES string of the molecule is COc1c(C)cnc(Cn2nc(C)c(Br)c2C)c1C. The Bertz CT molecular complexity index is 620. The second-order valence-electron chi connectivity index (χ2n) is 4.69. The van der Waals surface area contributed by atoms with E-state index < -0.39 is 0 Å². The Morgan fingerprint density at radius 2 is 1.95 bits per heavy atom. The molecule has 5 heteroatoms. The predicted molar refractivity (Wildman–Crippen MR) is 78.8 cm³/mol. The molecule has 0 saturated heterocycles. The smallest absolute Gasteiger partial charge is 0.128 e. The molecule has 0 saturated carbocycles. The molecule has 0 unspecified atom stereocenters. The number of hydrogen-bond donors (Lipinski definition) is 0. The van der Waals surface area contributed by atoms with Crippen LogP contribution in [0.25, 0.3) is 0 Å². The summed E-state index contributed by atoms with van der Waals surface area (Å²) in [5, 5.41) is 4.51. The van der Waals surface area contributed by atoms with E-state index in [0.29, 0.717) is 6.54 Å². The standard InChI is InChI=1S/C14H18BrN3O/c1-8-6-16-12(9(2)14(8)19-5)7-18-11(4)13(15)10(3)17-18/h6H,7H2,1-5H3. The zero-order valence-corrected chi connectivity index (χ0v) is 13.5. The van der Waals surface area contributed by atoms with Gasteiger partial charge < -0.3 is 4.74 Å². The van der Waals surface area contributed by atoms with Gasteiger partial charge in [-0.05, 0) is 43.6 Å². The van der Waals surface area contributed by atoms with Gasteiger partial charge in [0.2, 0.25) is 0 Å². The second-order valence-corrected chi connectivity index (χ2v) is 5.48. The Hall–Kier alpha value is -1.36. The number of pyridine rings is 1. The van der Waals surface area contributed by atoms with Crippen molar-refractivity contribution in [3.63, 3.8) is 0 Å². The van der Waals surface area contributed by atoms with Crippen LogP contribution in [0, 0.1) is 27.7 Å². The Kier molecular flexibility index (Phi) is 3.94. The molecular weight excluding hydrogens is 306 g/mol. The fraction of sp³-hybridized carbons (Fsp3) is 0.429. The van der Waals surface area contributed by atoms with E-state index in [2.05, 4.69) is 26.0 Å². The monoisotopic (exact) mass is 323 g/mol. The highest BCUT2D eigenvalue weighted by Gasteiger charge is 2.13. The van der Waals surface area contributed by atoms with Gasteiger partial charge in [-0.3, -0.25) is 9.67 Å². The molecule has 0 bridgehead atoms. The Morgan fingerprint density at radius 1 is 1.26 bits per heavy atom. The third kappa shape index (κ3) is 2.52. The van der Waals surface area contributed by atoms with Crippen LogP contribution in [0.15, 0.2) is 10.7 Å². The lowest BCUT2D eigenvalue weighted by Crippen LogP contribution is -2.08. The minimum atomic E-state index is 0.654. The third-order valence-corrected chi connectivity index (χ3v) is 4.49. The van der Waals surface area contributed by atoms with Crippen molar-refractivity contribution >= 4 is 15.9 Å². The molecule has 2 heterocycles. The second kappa shape index (κ2) is 5.33. The van der Waals surface area contributed by atoms with Crippen molar-refractivity contribution in [2.75, 3.05) is 7.11 Å². The zero-order valence-electron chi connectivity index (χ0n) is 11.9. The van der Waals surface area contributed by atoms with Gasteiger partial charge in [0.25, 0.3) is 0 Å². The maximum atomic E-state index is 5.43. The number of nitrogens with zero attached hydrogens (tertiary/aromatic N) is 3. The highest BCUT2D eigenvalue weighted by atomic mass is 79.9. The van der Waals surface area contributed by atoms with E-state index in [1.54, 1.807) is 7.11 Å². The number of aromatic nitrogens is 3. The van der Waals surface area contributed by atoms with E-state index in [-0.39, 0.29) is 0 Å². The van der Waals surface area contributed by atoms with Crippen LogP contribution in [-0.2, 0) is 6.54 Å². The topological polar surface area (TPSA) is 39.9 Å². The first-order valence-electron chi connectivity index (χ1n) is 6.14. The van der Waals surface area contributed by atoms with Crippen molar-refractivity contribution in [2.45, 2.75) is 34.2 Å². The van der Waals surface area contributed by atoms with Crippen molar-refractivity contribution in [1.82, 2.24) is 14.8 Å². The summed E-state index contributed by atoms with van der Waals surface area (Å²) >= 11 is 3.54. The van der Waals surface area contributed by atoms with E-state index in [1.807, 2.05) is 38.6 Å². The van der Waals surface area contributed by atoms with Gasteiger partial charge in [-0.15, -0.1) is 0 Å². The van der Waals surface area contributed by atoms with Gasteiger partial charge in [-0.25, -0.2) is 0 Å². The number of ether oxygens (including phenoxy) is 1. The molecule has 0 radical (unpaired) electrons. The molecule has 0 amide bonds. The largest absolute Gasteiger partial charge is 0.496 e. The molecule has 0 N–H and O–H groups in total. The summed E-state index contributed by atoms with van der Waals surface area (Å²) in [5.41, 5.74) is 5.22. The third-order valence-electron chi connectivity index (χ3n) is 3.34. The van der Waals surface area contributed by atoms with Crippen LogP contribution in [0.5, 0.6) is 5.75 Å².